The number of aryl methyl sites for hydroxylation is 1. The summed E-state index contributed by atoms with van der Waals surface area (Å²) in [5, 5.41) is 17.9. The minimum Gasteiger partial charge on any atom is -0.492 e. The zero-order valence-electron chi connectivity index (χ0n) is 11.2. The van der Waals surface area contributed by atoms with Crippen LogP contribution in [0.25, 0.3) is 0 Å². The molecule has 0 aliphatic heterocycles. The van der Waals surface area contributed by atoms with Gasteiger partial charge in [-0.1, -0.05) is 18.2 Å². The first kappa shape index (κ1) is 14.4. The highest BCUT2D eigenvalue weighted by Crippen LogP contribution is 2.07. The number of benzene rings is 1. The summed E-state index contributed by atoms with van der Waals surface area (Å²) in [5.41, 5.74) is 1.09. The van der Waals surface area contributed by atoms with E-state index in [0.717, 1.165) is 0 Å². The summed E-state index contributed by atoms with van der Waals surface area (Å²) in [6.45, 7) is 2.61. The molecule has 0 saturated heterocycles. The third-order valence-corrected chi connectivity index (χ3v) is 2.99. The van der Waals surface area contributed by atoms with Crippen LogP contribution in [0.1, 0.15) is 5.56 Å². The van der Waals surface area contributed by atoms with Crippen molar-refractivity contribution in [3.8, 4) is 5.75 Å². The Kier molecular flexibility index (Phi) is 4.60. The molecule has 104 valence electrons. The van der Waals surface area contributed by atoms with Gasteiger partial charge >= 0.3 is 7.12 Å². The Labute approximate surface area is 117 Å². The molecular formula is C14H16BNO4. The lowest BCUT2D eigenvalue weighted by Crippen LogP contribution is -2.29. The zero-order chi connectivity index (χ0) is 14.5. The zero-order valence-corrected chi connectivity index (χ0v) is 11.2. The van der Waals surface area contributed by atoms with E-state index >= 15 is 0 Å². The van der Waals surface area contributed by atoms with Crippen molar-refractivity contribution < 1.29 is 14.8 Å². The normalized spacial score (nSPS) is 10.3. The number of aromatic nitrogens is 1. The lowest BCUT2D eigenvalue weighted by atomic mass is 9.80. The van der Waals surface area contributed by atoms with E-state index in [4.69, 9.17) is 14.8 Å². The molecule has 0 spiro atoms. The quantitative estimate of drug-likeness (QED) is 0.747. The van der Waals surface area contributed by atoms with Crippen molar-refractivity contribution in [2.75, 3.05) is 6.61 Å². The van der Waals surface area contributed by atoms with E-state index in [-0.39, 0.29) is 5.56 Å². The van der Waals surface area contributed by atoms with Gasteiger partial charge in [-0.05, 0) is 30.6 Å². The average Bonchev–Trinajstić information content (AvgIpc) is 2.44. The number of ether oxygens (including phenoxy) is 1. The standard InChI is InChI=1S/C14H16BNO4/c1-11-3-2-8-16(14(11)17)9-10-20-13-6-4-12(5-7-13)15(18)19/h2-8,18-19H,9-10H2,1H3. The van der Waals surface area contributed by atoms with Crippen molar-refractivity contribution in [3.05, 3.63) is 58.5 Å². The fourth-order valence-corrected chi connectivity index (χ4v) is 1.83. The maximum atomic E-state index is 11.8. The van der Waals surface area contributed by atoms with Gasteiger partial charge in [0, 0.05) is 11.8 Å². The summed E-state index contributed by atoms with van der Waals surface area (Å²) in [6.07, 6.45) is 1.73. The minimum atomic E-state index is -1.48. The molecule has 0 fully saturated rings. The van der Waals surface area contributed by atoms with Crippen molar-refractivity contribution >= 4 is 12.6 Å². The Hall–Kier alpha value is -2.05. The molecule has 2 aromatic rings. The highest BCUT2D eigenvalue weighted by molar-refractivity contribution is 6.58. The maximum Gasteiger partial charge on any atom is 0.488 e. The van der Waals surface area contributed by atoms with E-state index in [1.54, 1.807) is 48.0 Å². The van der Waals surface area contributed by atoms with Crippen LogP contribution in [0.4, 0.5) is 0 Å². The molecule has 20 heavy (non-hydrogen) atoms. The third-order valence-electron chi connectivity index (χ3n) is 2.99. The van der Waals surface area contributed by atoms with Gasteiger partial charge in [-0.2, -0.15) is 0 Å². The molecule has 0 aliphatic carbocycles. The fourth-order valence-electron chi connectivity index (χ4n) is 1.83. The first-order valence-electron chi connectivity index (χ1n) is 6.33. The lowest BCUT2D eigenvalue weighted by Gasteiger charge is -2.09. The second kappa shape index (κ2) is 6.41. The number of hydrogen-bond donors (Lipinski definition) is 2. The molecule has 1 heterocycles. The SMILES string of the molecule is Cc1cccn(CCOc2ccc(B(O)O)cc2)c1=O. The summed E-state index contributed by atoms with van der Waals surface area (Å²) < 4.78 is 7.11. The first-order valence-corrected chi connectivity index (χ1v) is 6.33. The van der Waals surface area contributed by atoms with Crippen LogP contribution in [0.2, 0.25) is 0 Å². The van der Waals surface area contributed by atoms with Crippen molar-refractivity contribution in [2.45, 2.75) is 13.5 Å². The Morgan fingerprint density at radius 3 is 2.55 bits per heavy atom. The van der Waals surface area contributed by atoms with Gasteiger partial charge in [0.15, 0.2) is 0 Å². The van der Waals surface area contributed by atoms with Gasteiger partial charge < -0.3 is 19.4 Å². The van der Waals surface area contributed by atoms with E-state index < -0.39 is 7.12 Å². The van der Waals surface area contributed by atoms with Gasteiger partial charge in [0.1, 0.15) is 12.4 Å². The van der Waals surface area contributed by atoms with Gasteiger partial charge in [0.05, 0.1) is 6.54 Å². The van der Waals surface area contributed by atoms with Crippen molar-refractivity contribution in [1.82, 2.24) is 4.57 Å². The number of rotatable bonds is 5. The van der Waals surface area contributed by atoms with Crippen LogP contribution in [-0.2, 0) is 6.54 Å². The van der Waals surface area contributed by atoms with Crippen LogP contribution in [0.15, 0.2) is 47.4 Å². The van der Waals surface area contributed by atoms with E-state index in [1.165, 1.54) is 0 Å². The Balaban J connectivity index is 1.93. The van der Waals surface area contributed by atoms with Crippen LogP contribution < -0.4 is 15.8 Å². The van der Waals surface area contributed by atoms with Crippen LogP contribution in [-0.4, -0.2) is 28.3 Å². The summed E-state index contributed by atoms with van der Waals surface area (Å²) in [6, 6.07) is 10.1. The molecule has 0 radical (unpaired) electrons. The molecule has 0 aliphatic rings. The van der Waals surface area contributed by atoms with Crippen molar-refractivity contribution in [2.24, 2.45) is 0 Å². The predicted octanol–water partition coefficient (Wildman–Crippen LogP) is -0.0845. The molecule has 0 amide bonds. The molecule has 2 rings (SSSR count). The van der Waals surface area contributed by atoms with Crippen LogP contribution in [0, 0.1) is 6.92 Å². The molecule has 0 atom stereocenters. The molecule has 5 nitrogen and oxygen atoms in total. The molecular weight excluding hydrogens is 257 g/mol. The topological polar surface area (TPSA) is 71.7 Å². The van der Waals surface area contributed by atoms with Crippen LogP contribution >= 0.6 is 0 Å². The molecule has 1 aromatic heterocycles. The Morgan fingerprint density at radius 2 is 1.90 bits per heavy atom. The lowest BCUT2D eigenvalue weighted by molar-refractivity contribution is 0.296. The predicted molar refractivity (Wildman–Crippen MR) is 77.2 cm³/mol. The molecule has 0 bridgehead atoms. The smallest absolute Gasteiger partial charge is 0.488 e. The van der Waals surface area contributed by atoms with Gasteiger partial charge in [-0.3, -0.25) is 4.79 Å². The van der Waals surface area contributed by atoms with Crippen LogP contribution in [0.5, 0.6) is 5.75 Å². The van der Waals surface area contributed by atoms with Gasteiger partial charge in [-0.25, -0.2) is 0 Å². The van der Waals surface area contributed by atoms with Crippen molar-refractivity contribution in [3.63, 3.8) is 0 Å². The van der Waals surface area contributed by atoms with Crippen molar-refractivity contribution in [1.29, 1.82) is 0 Å². The summed E-state index contributed by atoms with van der Waals surface area (Å²) >= 11 is 0. The van der Waals surface area contributed by atoms with E-state index in [0.29, 0.717) is 29.9 Å². The molecule has 2 N–H and O–H groups in total. The fraction of sp³-hybridized carbons (Fsp3) is 0.214. The third kappa shape index (κ3) is 3.49. The highest BCUT2D eigenvalue weighted by Gasteiger charge is 2.09. The monoisotopic (exact) mass is 273 g/mol. The molecule has 0 saturated carbocycles. The largest absolute Gasteiger partial charge is 0.492 e. The summed E-state index contributed by atoms with van der Waals surface area (Å²) in [7, 11) is -1.48. The summed E-state index contributed by atoms with van der Waals surface area (Å²) in [4.78, 5) is 11.8. The summed E-state index contributed by atoms with van der Waals surface area (Å²) in [5.74, 6) is 0.620. The molecule has 6 heteroatoms. The number of hydrogen-bond acceptors (Lipinski definition) is 4. The first-order chi connectivity index (χ1) is 9.58. The number of nitrogens with zero attached hydrogens (tertiary/aromatic N) is 1. The molecule has 1 aromatic carbocycles. The second-order valence-electron chi connectivity index (χ2n) is 4.48. The Morgan fingerprint density at radius 1 is 1.20 bits per heavy atom. The van der Waals surface area contributed by atoms with E-state index in [2.05, 4.69) is 0 Å². The average molecular weight is 273 g/mol. The van der Waals surface area contributed by atoms with Crippen LogP contribution in [0.3, 0.4) is 0 Å². The van der Waals surface area contributed by atoms with Gasteiger partial charge in [0.2, 0.25) is 0 Å². The maximum absolute atomic E-state index is 11.8. The van der Waals surface area contributed by atoms with Gasteiger partial charge in [0.25, 0.3) is 5.56 Å². The molecule has 0 unspecified atom stereocenters. The minimum absolute atomic E-state index is 0.0187. The Bertz CT molecular complexity index is 622. The number of pyridine rings is 1. The highest BCUT2D eigenvalue weighted by atomic mass is 16.5. The van der Waals surface area contributed by atoms with Gasteiger partial charge in [-0.15, -0.1) is 0 Å². The van der Waals surface area contributed by atoms with E-state index in [9.17, 15) is 4.79 Å². The second-order valence-corrected chi connectivity index (χ2v) is 4.48. The van der Waals surface area contributed by atoms with E-state index in [1.807, 2.05) is 6.07 Å².